The normalized spacial score (nSPS) is 21.0. The summed E-state index contributed by atoms with van der Waals surface area (Å²) in [6.45, 7) is 5.30. The van der Waals surface area contributed by atoms with Gasteiger partial charge in [-0.15, -0.1) is 0 Å². The van der Waals surface area contributed by atoms with Crippen LogP contribution < -0.4 is 15.2 Å². The molecular formula is C17H28N2O2. The van der Waals surface area contributed by atoms with Gasteiger partial charge in [0.1, 0.15) is 11.5 Å². The first-order valence-corrected chi connectivity index (χ1v) is 7.85. The number of ether oxygens (including phenoxy) is 2. The Kier molecular flexibility index (Phi) is 5.88. The number of hydrogen-bond acceptors (Lipinski definition) is 4. The molecule has 1 saturated heterocycles. The van der Waals surface area contributed by atoms with Crippen molar-refractivity contribution in [3.63, 3.8) is 0 Å². The summed E-state index contributed by atoms with van der Waals surface area (Å²) >= 11 is 0. The van der Waals surface area contributed by atoms with Gasteiger partial charge in [-0.3, -0.25) is 4.90 Å². The third-order valence-electron chi connectivity index (χ3n) is 4.56. The molecule has 1 aromatic rings. The first-order chi connectivity index (χ1) is 10.2. The van der Waals surface area contributed by atoms with Crippen molar-refractivity contribution < 1.29 is 9.47 Å². The molecule has 0 bridgehead atoms. The van der Waals surface area contributed by atoms with Gasteiger partial charge in [-0.1, -0.05) is 0 Å². The van der Waals surface area contributed by atoms with Crippen molar-refractivity contribution in [1.82, 2.24) is 4.90 Å². The highest BCUT2D eigenvalue weighted by Crippen LogP contribution is 2.34. The highest BCUT2D eigenvalue weighted by Gasteiger charge is 2.25. The molecule has 0 radical (unpaired) electrons. The highest BCUT2D eigenvalue weighted by atomic mass is 16.5. The molecule has 0 aliphatic carbocycles. The summed E-state index contributed by atoms with van der Waals surface area (Å²) in [5.74, 6) is 2.54. The third kappa shape index (κ3) is 3.89. The molecule has 118 valence electrons. The van der Waals surface area contributed by atoms with Crippen molar-refractivity contribution in [2.75, 3.05) is 33.9 Å². The first-order valence-electron chi connectivity index (χ1n) is 7.85. The standard InChI is InChI=1S/C17H28N2O2/c1-13(19-10-4-5-14(12-19)8-9-18)16-11-15(20-2)6-7-17(16)21-3/h6-7,11,13-14H,4-5,8-10,12,18H2,1-3H3. The lowest BCUT2D eigenvalue weighted by molar-refractivity contribution is 0.126. The van der Waals surface area contributed by atoms with E-state index in [1.807, 2.05) is 12.1 Å². The summed E-state index contributed by atoms with van der Waals surface area (Å²) in [6.07, 6.45) is 3.68. The van der Waals surface area contributed by atoms with Crippen LogP contribution in [0.15, 0.2) is 18.2 Å². The fourth-order valence-electron chi connectivity index (χ4n) is 3.28. The van der Waals surface area contributed by atoms with Crippen molar-refractivity contribution in [2.24, 2.45) is 11.7 Å². The van der Waals surface area contributed by atoms with Crippen LogP contribution >= 0.6 is 0 Å². The van der Waals surface area contributed by atoms with E-state index < -0.39 is 0 Å². The summed E-state index contributed by atoms with van der Waals surface area (Å²) in [5, 5.41) is 0. The van der Waals surface area contributed by atoms with E-state index in [9.17, 15) is 0 Å². The molecule has 4 heteroatoms. The molecule has 2 rings (SSSR count). The molecule has 2 unspecified atom stereocenters. The zero-order chi connectivity index (χ0) is 15.2. The number of nitrogens with two attached hydrogens (primary N) is 1. The molecule has 1 fully saturated rings. The molecule has 2 N–H and O–H groups in total. The monoisotopic (exact) mass is 292 g/mol. The fourth-order valence-corrected chi connectivity index (χ4v) is 3.28. The number of piperidine rings is 1. The maximum Gasteiger partial charge on any atom is 0.123 e. The third-order valence-corrected chi connectivity index (χ3v) is 4.56. The zero-order valence-corrected chi connectivity index (χ0v) is 13.5. The average molecular weight is 292 g/mol. The Morgan fingerprint density at radius 1 is 1.33 bits per heavy atom. The molecule has 1 aliphatic heterocycles. The van der Waals surface area contributed by atoms with Crippen LogP contribution in [-0.2, 0) is 0 Å². The van der Waals surface area contributed by atoms with Gasteiger partial charge in [-0.2, -0.15) is 0 Å². The van der Waals surface area contributed by atoms with E-state index in [4.69, 9.17) is 15.2 Å². The predicted octanol–water partition coefficient (Wildman–Crippen LogP) is 2.83. The van der Waals surface area contributed by atoms with E-state index in [-0.39, 0.29) is 0 Å². The lowest BCUT2D eigenvalue weighted by Crippen LogP contribution is -2.38. The molecule has 2 atom stereocenters. The van der Waals surface area contributed by atoms with Crippen molar-refractivity contribution >= 4 is 0 Å². The van der Waals surface area contributed by atoms with Crippen LogP contribution in [0.1, 0.15) is 37.8 Å². The lowest BCUT2D eigenvalue weighted by atomic mass is 9.92. The van der Waals surface area contributed by atoms with E-state index >= 15 is 0 Å². The second-order valence-corrected chi connectivity index (χ2v) is 5.86. The number of hydrogen-bond donors (Lipinski definition) is 1. The Balaban J connectivity index is 2.16. The van der Waals surface area contributed by atoms with Gasteiger partial charge in [0.25, 0.3) is 0 Å². The Morgan fingerprint density at radius 2 is 2.14 bits per heavy atom. The van der Waals surface area contributed by atoms with Crippen LogP contribution in [0.2, 0.25) is 0 Å². The largest absolute Gasteiger partial charge is 0.497 e. The van der Waals surface area contributed by atoms with E-state index in [2.05, 4.69) is 17.9 Å². The second kappa shape index (κ2) is 7.66. The van der Waals surface area contributed by atoms with Gasteiger partial charge in [-0.05, 0) is 63.4 Å². The lowest BCUT2D eigenvalue weighted by Gasteiger charge is -2.37. The van der Waals surface area contributed by atoms with Crippen LogP contribution in [0, 0.1) is 5.92 Å². The Bertz CT molecular complexity index is 448. The summed E-state index contributed by atoms with van der Waals surface area (Å²) in [4.78, 5) is 2.54. The molecular weight excluding hydrogens is 264 g/mol. The van der Waals surface area contributed by atoms with Crippen LogP contribution in [0.25, 0.3) is 0 Å². The smallest absolute Gasteiger partial charge is 0.123 e. The summed E-state index contributed by atoms with van der Waals surface area (Å²) in [7, 11) is 3.43. The van der Waals surface area contributed by atoms with Crippen molar-refractivity contribution in [2.45, 2.75) is 32.2 Å². The number of benzene rings is 1. The molecule has 21 heavy (non-hydrogen) atoms. The van der Waals surface area contributed by atoms with E-state index in [0.717, 1.165) is 43.5 Å². The van der Waals surface area contributed by atoms with Gasteiger partial charge in [0.05, 0.1) is 14.2 Å². The van der Waals surface area contributed by atoms with Crippen LogP contribution in [-0.4, -0.2) is 38.8 Å². The van der Waals surface area contributed by atoms with Gasteiger partial charge in [0.15, 0.2) is 0 Å². The maximum atomic E-state index is 5.72. The van der Waals surface area contributed by atoms with E-state index in [0.29, 0.717) is 6.04 Å². The van der Waals surface area contributed by atoms with Gasteiger partial charge in [-0.25, -0.2) is 0 Å². The molecule has 0 amide bonds. The second-order valence-electron chi connectivity index (χ2n) is 5.86. The topological polar surface area (TPSA) is 47.7 Å². The summed E-state index contributed by atoms with van der Waals surface area (Å²) in [5.41, 5.74) is 6.92. The SMILES string of the molecule is COc1ccc(OC)c(C(C)N2CCCC(CCN)C2)c1. The molecule has 0 aromatic heterocycles. The number of rotatable bonds is 6. The molecule has 1 aromatic carbocycles. The Morgan fingerprint density at radius 3 is 2.81 bits per heavy atom. The van der Waals surface area contributed by atoms with Gasteiger partial charge in [0.2, 0.25) is 0 Å². The van der Waals surface area contributed by atoms with Gasteiger partial charge in [0, 0.05) is 18.2 Å². The maximum absolute atomic E-state index is 5.72. The highest BCUT2D eigenvalue weighted by molar-refractivity contribution is 5.42. The van der Waals surface area contributed by atoms with Crippen molar-refractivity contribution in [3.8, 4) is 11.5 Å². The van der Waals surface area contributed by atoms with Crippen LogP contribution in [0.5, 0.6) is 11.5 Å². The summed E-state index contributed by atoms with van der Waals surface area (Å²) < 4.78 is 10.9. The molecule has 0 saturated carbocycles. The number of likely N-dealkylation sites (tertiary alicyclic amines) is 1. The molecule has 1 aliphatic rings. The minimum Gasteiger partial charge on any atom is -0.497 e. The minimum atomic E-state index is 0.329. The Hall–Kier alpha value is -1.26. The Labute approximate surface area is 128 Å². The van der Waals surface area contributed by atoms with Gasteiger partial charge < -0.3 is 15.2 Å². The minimum absolute atomic E-state index is 0.329. The van der Waals surface area contributed by atoms with Gasteiger partial charge >= 0.3 is 0 Å². The molecule has 1 heterocycles. The predicted molar refractivity (Wildman–Crippen MR) is 85.9 cm³/mol. The average Bonchev–Trinajstić information content (AvgIpc) is 2.54. The fraction of sp³-hybridized carbons (Fsp3) is 0.647. The molecule has 0 spiro atoms. The van der Waals surface area contributed by atoms with E-state index in [1.54, 1.807) is 14.2 Å². The molecule has 4 nitrogen and oxygen atoms in total. The van der Waals surface area contributed by atoms with Crippen molar-refractivity contribution in [3.05, 3.63) is 23.8 Å². The first kappa shape index (κ1) is 16.1. The zero-order valence-electron chi connectivity index (χ0n) is 13.5. The van der Waals surface area contributed by atoms with Crippen molar-refractivity contribution in [1.29, 1.82) is 0 Å². The van der Waals surface area contributed by atoms with Crippen LogP contribution in [0.3, 0.4) is 0 Å². The summed E-state index contributed by atoms with van der Waals surface area (Å²) in [6, 6.07) is 6.36. The number of nitrogens with zero attached hydrogens (tertiary/aromatic N) is 1. The number of methoxy groups -OCH3 is 2. The van der Waals surface area contributed by atoms with E-state index in [1.165, 1.54) is 18.4 Å². The van der Waals surface area contributed by atoms with Crippen LogP contribution in [0.4, 0.5) is 0 Å². The quantitative estimate of drug-likeness (QED) is 0.876.